The molecule has 0 saturated carbocycles. The zero-order valence-electron chi connectivity index (χ0n) is 12.2. The second kappa shape index (κ2) is 5.06. The summed E-state index contributed by atoms with van der Waals surface area (Å²) < 4.78 is 5.31. The van der Waals surface area contributed by atoms with Crippen molar-refractivity contribution < 1.29 is 9.53 Å². The molecule has 2 atom stereocenters. The van der Waals surface area contributed by atoms with Gasteiger partial charge in [0.05, 0.1) is 12.5 Å². The lowest BCUT2D eigenvalue weighted by Gasteiger charge is -2.44. The monoisotopic (exact) mass is 266 g/mol. The van der Waals surface area contributed by atoms with Gasteiger partial charge in [-0.15, -0.1) is 0 Å². The van der Waals surface area contributed by atoms with Crippen molar-refractivity contribution in [1.82, 2.24) is 9.80 Å². The fraction of sp³-hybridized carbons (Fsp3) is 0.933. The number of carbonyl (C=O) groups is 1. The third-order valence-electron chi connectivity index (χ3n) is 5.48. The molecule has 3 aliphatic rings. The molecule has 108 valence electrons. The van der Waals surface area contributed by atoms with Crippen molar-refractivity contribution in [3.05, 3.63) is 0 Å². The molecule has 1 spiro atoms. The number of nitrogens with zero attached hydrogens (tertiary/aromatic N) is 2. The van der Waals surface area contributed by atoms with Gasteiger partial charge in [0.15, 0.2) is 0 Å². The summed E-state index contributed by atoms with van der Waals surface area (Å²) in [7, 11) is 2.20. The molecule has 0 radical (unpaired) electrons. The Hall–Kier alpha value is -0.610. The lowest BCUT2D eigenvalue weighted by atomic mass is 9.82. The van der Waals surface area contributed by atoms with E-state index in [4.69, 9.17) is 4.74 Å². The molecule has 0 bridgehead atoms. The first kappa shape index (κ1) is 13.4. The van der Waals surface area contributed by atoms with Crippen LogP contribution in [-0.4, -0.2) is 60.6 Å². The maximum absolute atomic E-state index is 12.2. The molecule has 3 saturated heterocycles. The molecule has 0 N–H and O–H groups in total. The van der Waals surface area contributed by atoms with Gasteiger partial charge >= 0.3 is 5.97 Å². The molecule has 4 heteroatoms. The number of esters is 1. The topological polar surface area (TPSA) is 32.8 Å². The molecule has 3 heterocycles. The van der Waals surface area contributed by atoms with Crippen molar-refractivity contribution in [1.29, 1.82) is 0 Å². The second-order valence-electron chi connectivity index (χ2n) is 6.49. The maximum Gasteiger partial charge on any atom is 0.310 e. The fourth-order valence-electron chi connectivity index (χ4n) is 4.48. The van der Waals surface area contributed by atoms with Crippen LogP contribution in [-0.2, 0) is 9.53 Å². The van der Waals surface area contributed by atoms with Crippen molar-refractivity contribution in [2.24, 2.45) is 5.92 Å². The zero-order chi connectivity index (χ0) is 13.5. The van der Waals surface area contributed by atoms with Gasteiger partial charge in [-0.25, -0.2) is 0 Å². The van der Waals surface area contributed by atoms with Gasteiger partial charge in [0.25, 0.3) is 0 Å². The van der Waals surface area contributed by atoms with Crippen LogP contribution in [0.15, 0.2) is 0 Å². The minimum atomic E-state index is 0.0511. The average Bonchev–Trinajstić information content (AvgIpc) is 2.97. The molecule has 3 aliphatic heterocycles. The molecule has 0 amide bonds. The van der Waals surface area contributed by atoms with Gasteiger partial charge < -0.3 is 9.64 Å². The SMILES string of the molecule is CCOC(=O)[C@@H]1CC2(CCN(C)CC2)N2CCC[C@@H]12. The lowest BCUT2D eigenvalue weighted by Crippen LogP contribution is -2.51. The van der Waals surface area contributed by atoms with Gasteiger partial charge in [0.2, 0.25) is 0 Å². The number of ether oxygens (including phenoxy) is 1. The van der Waals surface area contributed by atoms with Crippen molar-refractivity contribution >= 4 is 5.97 Å². The summed E-state index contributed by atoms with van der Waals surface area (Å²) >= 11 is 0. The molecule has 3 fully saturated rings. The highest BCUT2D eigenvalue weighted by Gasteiger charge is 2.55. The van der Waals surface area contributed by atoms with E-state index in [2.05, 4.69) is 16.8 Å². The highest BCUT2D eigenvalue weighted by molar-refractivity contribution is 5.74. The molecule has 0 aromatic heterocycles. The molecular formula is C15H26N2O2. The van der Waals surface area contributed by atoms with Crippen LogP contribution in [0.3, 0.4) is 0 Å². The molecule has 0 unspecified atom stereocenters. The van der Waals surface area contributed by atoms with Gasteiger partial charge in [-0.3, -0.25) is 9.69 Å². The highest BCUT2D eigenvalue weighted by Crippen LogP contribution is 2.48. The van der Waals surface area contributed by atoms with Gasteiger partial charge in [-0.1, -0.05) is 0 Å². The number of fused-ring (bicyclic) bond motifs is 2. The third kappa shape index (κ3) is 2.19. The summed E-state index contributed by atoms with van der Waals surface area (Å²) in [6.07, 6.45) is 5.90. The van der Waals surface area contributed by atoms with Crippen molar-refractivity contribution in [2.75, 3.05) is 33.3 Å². The molecule has 0 aliphatic carbocycles. The summed E-state index contributed by atoms with van der Waals surface area (Å²) in [6.45, 7) is 5.93. The van der Waals surface area contributed by atoms with E-state index in [9.17, 15) is 4.79 Å². The van der Waals surface area contributed by atoms with Crippen molar-refractivity contribution in [3.63, 3.8) is 0 Å². The van der Waals surface area contributed by atoms with Crippen molar-refractivity contribution in [2.45, 2.75) is 50.6 Å². The van der Waals surface area contributed by atoms with E-state index in [1.165, 1.54) is 45.3 Å². The van der Waals surface area contributed by atoms with Crippen LogP contribution in [0.4, 0.5) is 0 Å². The van der Waals surface area contributed by atoms with E-state index in [0.717, 1.165) is 6.42 Å². The van der Waals surface area contributed by atoms with Gasteiger partial charge in [-0.2, -0.15) is 0 Å². The number of piperidine rings is 1. The first-order valence-corrected chi connectivity index (χ1v) is 7.78. The van der Waals surface area contributed by atoms with Crippen LogP contribution in [0.25, 0.3) is 0 Å². The Bertz CT molecular complexity index is 350. The Balaban J connectivity index is 1.78. The zero-order valence-corrected chi connectivity index (χ0v) is 12.2. The normalized spacial score (nSPS) is 34.6. The average molecular weight is 266 g/mol. The van der Waals surface area contributed by atoms with Crippen LogP contribution in [0.5, 0.6) is 0 Å². The molecule has 0 aromatic rings. The predicted octanol–water partition coefficient (Wildman–Crippen LogP) is 1.50. The van der Waals surface area contributed by atoms with Crippen LogP contribution in [0, 0.1) is 5.92 Å². The number of hydrogen-bond donors (Lipinski definition) is 0. The molecule has 4 nitrogen and oxygen atoms in total. The minimum Gasteiger partial charge on any atom is -0.466 e. The summed E-state index contributed by atoms with van der Waals surface area (Å²) in [5.41, 5.74) is 0.297. The van der Waals surface area contributed by atoms with Gasteiger partial charge in [0, 0.05) is 11.6 Å². The van der Waals surface area contributed by atoms with E-state index < -0.39 is 0 Å². The first-order valence-electron chi connectivity index (χ1n) is 7.78. The first-order chi connectivity index (χ1) is 9.16. The summed E-state index contributed by atoms with van der Waals surface area (Å²) in [6, 6.07) is 0.461. The third-order valence-corrected chi connectivity index (χ3v) is 5.48. The summed E-state index contributed by atoms with van der Waals surface area (Å²) in [5.74, 6) is 0.182. The Kier molecular flexibility index (Phi) is 3.56. The van der Waals surface area contributed by atoms with Crippen LogP contribution in [0.1, 0.15) is 39.0 Å². The molecular weight excluding hydrogens is 240 g/mol. The smallest absolute Gasteiger partial charge is 0.310 e. The van der Waals surface area contributed by atoms with E-state index in [1.807, 2.05) is 6.92 Å². The number of likely N-dealkylation sites (tertiary alicyclic amines) is 1. The molecule has 19 heavy (non-hydrogen) atoms. The quantitative estimate of drug-likeness (QED) is 0.709. The minimum absolute atomic E-state index is 0.0511. The van der Waals surface area contributed by atoms with Gasteiger partial charge in [-0.05, 0) is 65.7 Å². The van der Waals surface area contributed by atoms with Crippen molar-refractivity contribution in [3.8, 4) is 0 Å². The fourth-order valence-corrected chi connectivity index (χ4v) is 4.48. The Morgan fingerprint density at radius 1 is 1.32 bits per heavy atom. The second-order valence-corrected chi connectivity index (χ2v) is 6.49. The van der Waals surface area contributed by atoms with E-state index >= 15 is 0 Å². The number of hydrogen-bond acceptors (Lipinski definition) is 4. The number of rotatable bonds is 2. The summed E-state index contributed by atoms with van der Waals surface area (Å²) in [4.78, 5) is 17.3. The highest BCUT2D eigenvalue weighted by atomic mass is 16.5. The lowest BCUT2D eigenvalue weighted by molar-refractivity contribution is -0.148. The largest absolute Gasteiger partial charge is 0.466 e. The Morgan fingerprint density at radius 2 is 2.05 bits per heavy atom. The summed E-state index contributed by atoms with van der Waals surface area (Å²) in [5, 5.41) is 0. The van der Waals surface area contributed by atoms with Crippen LogP contribution < -0.4 is 0 Å². The maximum atomic E-state index is 12.2. The van der Waals surface area contributed by atoms with E-state index in [1.54, 1.807) is 0 Å². The van der Waals surface area contributed by atoms with E-state index in [-0.39, 0.29) is 11.9 Å². The standard InChI is InChI=1S/C15H26N2O2/c1-3-19-14(18)12-11-15(6-9-16(2)10-7-15)17-8-4-5-13(12)17/h12-13H,3-11H2,1-2H3/t12-,13+/m1/s1. The van der Waals surface area contributed by atoms with Gasteiger partial charge in [0.1, 0.15) is 0 Å². The van der Waals surface area contributed by atoms with E-state index in [0.29, 0.717) is 18.2 Å². The van der Waals surface area contributed by atoms with Crippen LogP contribution in [0.2, 0.25) is 0 Å². The Morgan fingerprint density at radius 3 is 2.74 bits per heavy atom. The number of carbonyl (C=O) groups excluding carboxylic acids is 1. The Labute approximate surface area is 116 Å². The molecule has 0 aromatic carbocycles. The predicted molar refractivity (Wildman–Crippen MR) is 73.9 cm³/mol. The molecule has 3 rings (SSSR count). The van der Waals surface area contributed by atoms with Crippen LogP contribution >= 0.6 is 0 Å².